The summed E-state index contributed by atoms with van der Waals surface area (Å²) >= 11 is 3.37. The van der Waals surface area contributed by atoms with E-state index in [2.05, 4.69) is 32.7 Å². The second-order valence-corrected chi connectivity index (χ2v) is 5.30. The molecule has 17 heavy (non-hydrogen) atoms. The van der Waals surface area contributed by atoms with E-state index in [1.807, 2.05) is 18.3 Å². The molecule has 0 bridgehead atoms. The molecule has 2 heterocycles. The van der Waals surface area contributed by atoms with Crippen LogP contribution in [0, 0.1) is 0 Å². The van der Waals surface area contributed by atoms with Crippen LogP contribution in [0.15, 0.2) is 22.8 Å². The van der Waals surface area contributed by atoms with Crippen molar-refractivity contribution in [2.45, 2.75) is 25.6 Å². The SMILES string of the molecule is CC1COC(CO)CN1Cc1ccc(Br)cn1. The van der Waals surface area contributed by atoms with Crippen molar-refractivity contribution in [2.75, 3.05) is 19.8 Å². The van der Waals surface area contributed by atoms with E-state index in [9.17, 15) is 0 Å². The summed E-state index contributed by atoms with van der Waals surface area (Å²) in [4.78, 5) is 6.66. The first kappa shape index (κ1) is 13.0. The first-order valence-electron chi connectivity index (χ1n) is 5.76. The van der Waals surface area contributed by atoms with Crippen molar-refractivity contribution in [3.8, 4) is 0 Å². The summed E-state index contributed by atoms with van der Waals surface area (Å²) < 4.78 is 6.50. The lowest BCUT2D eigenvalue weighted by Gasteiger charge is -2.37. The number of aromatic nitrogens is 1. The molecule has 1 aliphatic rings. The molecule has 1 aromatic heterocycles. The zero-order chi connectivity index (χ0) is 12.3. The fourth-order valence-corrected chi connectivity index (χ4v) is 2.15. The van der Waals surface area contributed by atoms with Crippen LogP contribution in [0.4, 0.5) is 0 Å². The van der Waals surface area contributed by atoms with E-state index in [4.69, 9.17) is 9.84 Å². The summed E-state index contributed by atoms with van der Waals surface area (Å²) in [7, 11) is 0. The number of morpholine rings is 1. The normalized spacial score (nSPS) is 26.1. The molecule has 1 fully saturated rings. The van der Waals surface area contributed by atoms with Gasteiger partial charge in [-0.2, -0.15) is 0 Å². The molecule has 94 valence electrons. The molecule has 0 aromatic carbocycles. The smallest absolute Gasteiger partial charge is 0.0933 e. The Morgan fingerprint density at radius 1 is 1.59 bits per heavy atom. The second-order valence-electron chi connectivity index (χ2n) is 4.38. The third-order valence-electron chi connectivity index (χ3n) is 2.99. The van der Waals surface area contributed by atoms with Crippen LogP contribution in [0.25, 0.3) is 0 Å². The Morgan fingerprint density at radius 2 is 2.41 bits per heavy atom. The zero-order valence-corrected chi connectivity index (χ0v) is 11.4. The van der Waals surface area contributed by atoms with Gasteiger partial charge >= 0.3 is 0 Å². The van der Waals surface area contributed by atoms with Crippen LogP contribution in [-0.2, 0) is 11.3 Å². The molecule has 2 atom stereocenters. The minimum atomic E-state index is -0.0679. The molecule has 1 aromatic rings. The molecular formula is C12H17BrN2O2. The Balaban J connectivity index is 1.98. The van der Waals surface area contributed by atoms with E-state index >= 15 is 0 Å². The van der Waals surface area contributed by atoms with Crippen LogP contribution in [0.1, 0.15) is 12.6 Å². The largest absolute Gasteiger partial charge is 0.394 e. The molecule has 1 N–H and O–H groups in total. The number of aliphatic hydroxyl groups excluding tert-OH is 1. The number of hydrogen-bond donors (Lipinski definition) is 1. The van der Waals surface area contributed by atoms with Gasteiger partial charge in [-0.15, -0.1) is 0 Å². The summed E-state index contributed by atoms with van der Waals surface area (Å²) in [5.41, 5.74) is 1.04. The van der Waals surface area contributed by atoms with Gasteiger partial charge in [-0.25, -0.2) is 0 Å². The summed E-state index contributed by atoms with van der Waals surface area (Å²) in [6.07, 6.45) is 1.74. The molecule has 0 saturated carbocycles. The minimum Gasteiger partial charge on any atom is -0.394 e. The van der Waals surface area contributed by atoms with E-state index in [-0.39, 0.29) is 12.7 Å². The van der Waals surface area contributed by atoms with Crippen molar-refractivity contribution in [1.29, 1.82) is 0 Å². The highest BCUT2D eigenvalue weighted by atomic mass is 79.9. The van der Waals surface area contributed by atoms with Gasteiger partial charge in [0, 0.05) is 29.8 Å². The highest BCUT2D eigenvalue weighted by molar-refractivity contribution is 9.10. The van der Waals surface area contributed by atoms with Crippen LogP contribution in [0.3, 0.4) is 0 Å². The fourth-order valence-electron chi connectivity index (χ4n) is 1.91. The van der Waals surface area contributed by atoms with E-state index in [0.29, 0.717) is 12.6 Å². The monoisotopic (exact) mass is 300 g/mol. The van der Waals surface area contributed by atoms with E-state index < -0.39 is 0 Å². The molecule has 1 saturated heterocycles. The topological polar surface area (TPSA) is 45.6 Å². The molecule has 2 unspecified atom stereocenters. The lowest BCUT2D eigenvalue weighted by Crippen LogP contribution is -2.48. The predicted octanol–water partition coefficient (Wildman–Crippen LogP) is 1.43. The van der Waals surface area contributed by atoms with Crippen molar-refractivity contribution < 1.29 is 9.84 Å². The maximum absolute atomic E-state index is 9.12. The van der Waals surface area contributed by atoms with Crippen LogP contribution in [-0.4, -0.2) is 46.9 Å². The summed E-state index contributed by atoms with van der Waals surface area (Å²) in [6, 6.07) is 4.38. The van der Waals surface area contributed by atoms with Gasteiger partial charge in [-0.05, 0) is 35.0 Å². The van der Waals surface area contributed by atoms with E-state index in [1.54, 1.807) is 0 Å². The lowest BCUT2D eigenvalue weighted by molar-refractivity contribution is -0.0808. The highest BCUT2D eigenvalue weighted by Gasteiger charge is 2.25. The summed E-state index contributed by atoms with van der Waals surface area (Å²) in [6.45, 7) is 4.44. The maximum Gasteiger partial charge on any atom is 0.0933 e. The number of halogens is 1. The molecule has 0 radical (unpaired) electrons. The Hall–Kier alpha value is -0.490. The highest BCUT2D eigenvalue weighted by Crippen LogP contribution is 2.15. The molecule has 5 heteroatoms. The number of pyridine rings is 1. The van der Waals surface area contributed by atoms with Gasteiger partial charge in [0.1, 0.15) is 0 Å². The number of hydrogen-bond acceptors (Lipinski definition) is 4. The van der Waals surface area contributed by atoms with Gasteiger partial charge in [0.05, 0.1) is 25.0 Å². The van der Waals surface area contributed by atoms with Gasteiger partial charge in [0.25, 0.3) is 0 Å². The fraction of sp³-hybridized carbons (Fsp3) is 0.583. The molecule has 2 rings (SSSR count). The molecule has 0 spiro atoms. The Kier molecular flexibility index (Phi) is 4.50. The maximum atomic E-state index is 9.12. The third kappa shape index (κ3) is 3.48. The van der Waals surface area contributed by atoms with Crippen molar-refractivity contribution in [2.24, 2.45) is 0 Å². The lowest BCUT2D eigenvalue weighted by atomic mass is 10.2. The van der Waals surface area contributed by atoms with Gasteiger partial charge < -0.3 is 9.84 Å². The Labute approximate surface area is 110 Å². The van der Waals surface area contributed by atoms with Gasteiger partial charge in [-0.1, -0.05) is 0 Å². The van der Waals surface area contributed by atoms with Crippen LogP contribution >= 0.6 is 15.9 Å². The third-order valence-corrected chi connectivity index (χ3v) is 3.46. The Bertz CT molecular complexity index is 358. The minimum absolute atomic E-state index is 0.0679. The zero-order valence-electron chi connectivity index (χ0n) is 9.84. The number of nitrogens with zero attached hydrogens (tertiary/aromatic N) is 2. The molecule has 0 aliphatic carbocycles. The van der Waals surface area contributed by atoms with Crippen molar-refractivity contribution in [1.82, 2.24) is 9.88 Å². The quantitative estimate of drug-likeness (QED) is 0.917. The summed E-state index contributed by atoms with van der Waals surface area (Å²) in [5, 5.41) is 9.12. The summed E-state index contributed by atoms with van der Waals surface area (Å²) in [5.74, 6) is 0. The van der Waals surface area contributed by atoms with Gasteiger partial charge in [0.15, 0.2) is 0 Å². The Morgan fingerprint density at radius 3 is 3.06 bits per heavy atom. The second kappa shape index (κ2) is 5.91. The molecule has 1 aliphatic heterocycles. The van der Waals surface area contributed by atoms with Gasteiger partial charge in [0.2, 0.25) is 0 Å². The van der Waals surface area contributed by atoms with Crippen molar-refractivity contribution in [3.63, 3.8) is 0 Å². The average Bonchev–Trinajstić information content (AvgIpc) is 2.35. The molecule has 0 amide bonds. The first-order chi connectivity index (χ1) is 8.19. The number of ether oxygens (including phenoxy) is 1. The van der Waals surface area contributed by atoms with Crippen molar-refractivity contribution >= 4 is 15.9 Å². The predicted molar refractivity (Wildman–Crippen MR) is 68.6 cm³/mol. The number of rotatable bonds is 3. The molecular weight excluding hydrogens is 284 g/mol. The van der Waals surface area contributed by atoms with Crippen LogP contribution in [0.5, 0.6) is 0 Å². The average molecular weight is 301 g/mol. The van der Waals surface area contributed by atoms with E-state index in [0.717, 1.165) is 23.3 Å². The van der Waals surface area contributed by atoms with Crippen LogP contribution in [0.2, 0.25) is 0 Å². The molecule has 4 nitrogen and oxygen atoms in total. The standard InChI is InChI=1S/C12H17BrN2O2/c1-9-8-17-12(7-16)6-15(9)5-11-3-2-10(13)4-14-11/h2-4,9,12,16H,5-8H2,1H3. The number of aliphatic hydroxyl groups is 1. The van der Waals surface area contributed by atoms with E-state index in [1.165, 1.54) is 0 Å². The first-order valence-corrected chi connectivity index (χ1v) is 6.55. The van der Waals surface area contributed by atoms with Crippen LogP contribution < -0.4 is 0 Å². The van der Waals surface area contributed by atoms with Crippen molar-refractivity contribution in [3.05, 3.63) is 28.5 Å². The van der Waals surface area contributed by atoms with Gasteiger partial charge in [-0.3, -0.25) is 9.88 Å².